The molecule has 0 spiro atoms. The van der Waals surface area contributed by atoms with Gasteiger partial charge in [-0.25, -0.2) is 9.78 Å². The molecule has 84 valence electrons. The zero-order valence-electron chi connectivity index (χ0n) is 8.94. The van der Waals surface area contributed by atoms with E-state index in [1.807, 2.05) is 13.8 Å². The van der Waals surface area contributed by atoms with E-state index in [2.05, 4.69) is 4.98 Å². The number of pyridine rings is 1. The van der Waals surface area contributed by atoms with Crippen LogP contribution in [0.4, 0.5) is 0 Å². The molecule has 0 bridgehead atoms. The third-order valence-electron chi connectivity index (χ3n) is 2.38. The molecule has 0 saturated heterocycles. The first kappa shape index (κ1) is 11.0. The van der Waals surface area contributed by atoms with Crippen molar-refractivity contribution in [2.75, 3.05) is 0 Å². The van der Waals surface area contributed by atoms with Gasteiger partial charge in [0.15, 0.2) is 0 Å². The van der Waals surface area contributed by atoms with Crippen LogP contribution in [0.25, 0.3) is 5.65 Å². The van der Waals surface area contributed by atoms with E-state index in [1.165, 1.54) is 12.3 Å². The molecule has 2 rings (SSSR count). The number of nitrogens with zero attached hydrogens (tertiary/aromatic N) is 2. The molecule has 2 aromatic rings. The zero-order chi connectivity index (χ0) is 11.9. The first-order chi connectivity index (χ1) is 7.50. The summed E-state index contributed by atoms with van der Waals surface area (Å²) in [6, 6.07) is 3.17. The van der Waals surface area contributed by atoms with Crippen molar-refractivity contribution >= 4 is 23.2 Å². The number of rotatable bonds is 2. The van der Waals surface area contributed by atoms with Crippen LogP contribution in [0.2, 0.25) is 5.15 Å². The number of carboxylic acids is 1. The number of halogens is 1. The lowest BCUT2D eigenvalue weighted by Gasteiger charge is -2.00. The van der Waals surface area contributed by atoms with Crippen molar-refractivity contribution in [3.05, 3.63) is 34.7 Å². The molecule has 0 radical (unpaired) electrons. The van der Waals surface area contributed by atoms with Crippen molar-refractivity contribution in [2.24, 2.45) is 0 Å². The molecule has 2 aromatic heterocycles. The Balaban J connectivity index is 2.69. The van der Waals surface area contributed by atoms with Crippen molar-refractivity contribution < 1.29 is 9.90 Å². The van der Waals surface area contributed by atoms with Gasteiger partial charge in [-0.1, -0.05) is 25.4 Å². The van der Waals surface area contributed by atoms with Crippen molar-refractivity contribution in [1.29, 1.82) is 0 Å². The van der Waals surface area contributed by atoms with E-state index >= 15 is 0 Å². The monoisotopic (exact) mass is 238 g/mol. The molecule has 0 fully saturated rings. The summed E-state index contributed by atoms with van der Waals surface area (Å²) in [4.78, 5) is 15.2. The van der Waals surface area contributed by atoms with Crippen LogP contribution in [0.5, 0.6) is 0 Å². The number of hydrogen-bond acceptors (Lipinski definition) is 2. The number of carbonyl (C=O) groups is 1. The van der Waals surface area contributed by atoms with Crippen LogP contribution in [0.3, 0.4) is 0 Å². The van der Waals surface area contributed by atoms with Crippen LogP contribution in [0.15, 0.2) is 18.3 Å². The third-order valence-corrected chi connectivity index (χ3v) is 2.75. The molecule has 0 aliphatic rings. The smallest absolute Gasteiger partial charge is 0.337 e. The summed E-state index contributed by atoms with van der Waals surface area (Å²) in [6.07, 6.45) is 1.48. The van der Waals surface area contributed by atoms with Gasteiger partial charge in [0.1, 0.15) is 10.8 Å². The molecular formula is C11H11ClN2O2. The molecule has 0 aliphatic carbocycles. The summed E-state index contributed by atoms with van der Waals surface area (Å²) in [6.45, 7) is 3.98. The van der Waals surface area contributed by atoms with Crippen molar-refractivity contribution in [1.82, 2.24) is 9.38 Å². The van der Waals surface area contributed by atoms with Gasteiger partial charge in [-0.2, -0.15) is 0 Å². The van der Waals surface area contributed by atoms with Crippen molar-refractivity contribution in [3.63, 3.8) is 0 Å². The molecule has 2 heterocycles. The molecule has 4 nitrogen and oxygen atoms in total. The van der Waals surface area contributed by atoms with Gasteiger partial charge in [0.2, 0.25) is 0 Å². The maximum Gasteiger partial charge on any atom is 0.337 e. The molecule has 0 unspecified atom stereocenters. The standard InChI is InChI=1S/C11H11ClN2O2/c1-6(2)9-10(12)14-5-7(11(15)16)3-4-8(14)13-9/h3-6H,1-2H3,(H,15,16). The number of carboxylic acid groups (broad SMARTS) is 1. The minimum absolute atomic E-state index is 0.196. The first-order valence-corrected chi connectivity index (χ1v) is 5.29. The van der Waals surface area contributed by atoms with Gasteiger partial charge >= 0.3 is 5.97 Å². The van der Waals surface area contributed by atoms with Gasteiger partial charge in [-0.3, -0.25) is 4.40 Å². The van der Waals surface area contributed by atoms with E-state index in [-0.39, 0.29) is 11.5 Å². The normalized spacial score (nSPS) is 11.2. The number of aromatic nitrogens is 2. The molecule has 0 aliphatic heterocycles. The Bertz CT molecular complexity index is 560. The van der Waals surface area contributed by atoms with E-state index in [0.717, 1.165) is 5.69 Å². The summed E-state index contributed by atoms with van der Waals surface area (Å²) in [5, 5.41) is 9.35. The second kappa shape index (κ2) is 3.79. The van der Waals surface area contributed by atoms with Gasteiger partial charge < -0.3 is 5.11 Å². The van der Waals surface area contributed by atoms with E-state index in [1.54, 1.807) is 10.5 Å². The van der Waals surface area contributed by atoms with Gasteiger partial charge in [0.25, 0.3) is 0 Å². The van der Waals surface area contributed by atoms with Crippen LogP contribution in [-0.2, 0) is 0 Å². The van der Waals surface area contributed by atoms with Gasteiger partial charge in [-0.15, -0.1) is 0 Å². The van der Waals surface area contributed by atoms with E-state index < -0.39 is 5.97 Å². The molecule has 0 atom stereocenters. The molecule has 16 heavy (non-hydrogen) atoms. The highest BCUT2D eigenvalue weighted by Crippen LogP contribution is 2.25. The molecule has 5 heteroatoms. The average Bonchev–Trinajstić information content (AvgIpc) is 2.56. The lowest BCUT2D eigenvalue weighted by Crippen LogP contribution is -1.98. The quantitative estimate of drug-likeness (QED) is 0.875. The second-order valence-corrected chi connectivity index (χ2v) is 4.25. The Kier molecular flexibility index (Phi) is 2.59. The highest BCUT2D eigenvalue weighted by atomic mass is 35.5. The molecular weight excluding hydrogens is 228 g/mol. The molecule has 0 amide bonds. The van der Waals surface area contributed by atoms with Crippen molar-refractivity contribution in [2.45, 2.75) is 19.8 Å². The Morgan fingerprint density at radius 1 is 1.50 bits per heavy atom. The Morgan fingerprint density at radius 3 is 2.75 bits per heavy atom. The van der Waals surface area contributed by atoms with E-state index in [9.17, 15) is 4.79 Å². The van der Waals surface area contributed by atoms with Crippen LogP contribution in [-0.4, -0.2) is 20.5 Å². The fraction of sp³-hybridized carbons (Fsp3) is 0.273. The number of aromatic carboxylic acids is 1. The topological polar surface area (TPSA) is 54.6 Å². The van der Waals surface area contributed by atoms with Crippen LogP contribution in [0, 0.1) is 0 Å². The molecule has 0 saturated carbocycles. The lowest BCUT2D eigenvalue weighted by atomic mass is 10.2. The summed E-state index contributed by atoms with van der Waals surface area (Å²) in [7, 11) is 0. The predicted molar refractivity (Wildman–Crippen MR) is 61.3 cm³/mol. The Labute approximate surface area is 97.5 Å². The minimum atomic E-state index is -0.974. The SMILES string of the molecule is CC(C)c1nc2ccc(C(=O)O)cn2c1Cl. The van der Waals surface area contributed by atoms with Crippen LogP contribution < -0.4 is 0 Å². The fourth-order valence-electron chi connectivity index (χ4n) is 1.53. The minimum Gasteiger partial charge on any atom is -0.478 e. The first-order valence-electron chi connectivity index (χ1n) is 4.91. The fourth-order valence-corrected chi connectivity index (χ4v) is 1.92. The number of imidazole rings is 1. The maximum atomic E-state index is 10.8. The molecule has 0 aromatic carbocycles. The van der Waals surface area contributed by atoms with E-state index in [4.69, 9.17) is 16.7 Å². The second-order valence-electron chi connectivity index (χ2n) is 3.89. The summed E-state index contributed by atoms with van der Waals surface area (Å²) < 4.78 is 1.60. The largest absolute Gasteiger partial charge is 0.478 e. The van der Waals surface area contributed by atoms with E-state index in [0.29, 0.717) is 10.8 Å². The van der Waals surface area contributed by atoms with Gasteiger partial charge in [0, 0.05) is 6.20 Å². The lowest BCUT2D eigenvalue weighted by molar-refractivity contribution is 0.0696. The number of hydrogen-bond donors (Lipinski definition) is 1. The Hall–Kier alpha value is -1.55. The Morgan fingerprint density at radius 2 is 2.19 bits per heavy atom. The number of fused-ring (bicyclic) bond motifs is 1. The average molecular weight is 239 g/mol. The summed E-state index contributed by atoms with van der Waals surface area (Å²) in [5.41, 5.74) is 1.64. The highest BCUT2D eigenvalue weighted by Gasteiger charge is 2.14. The third kappa shape index (κ3) is 1.65. The maximum absolute atomic E-state index is 10.8. The van der Waals surface area contributed by atoms with Crippen LogP contribution in [0.1, 0.15) is 35.8 Å². The van der Waals surface area contributed by atoms with Gasteiger partial charge in [-0.05, 0) is 18.1 Å². The molecule has 1 N–H and O–H groups in total. The summed E-state index contributed by atoms with van der Waals surface area (Å²) >= 11 is 6.14. The highest BCUT2D eigenvalue weighted by molar-refractivity contribution is 6.30. The zero-order valence-corrected chi connectivity index (χ0v) is 9.69. The van der Waals surface area contributed by atoms with Crippen LogP contribution >= 0.6 is 11.6 Å². The summed E-state index contributed by atoms with van der Waals surface area (Å²) in [5.74, 6) is -0.765. The van der Waals surface area contributed by atoms with Gasteiger partial charge in [0.05, 0.1) is 11.3 Å². The predicted octanol–water partition coefficient (Wildman–Crippen LogP) is 2.81. The van der Waals surface area contributed by atoms with Crippen molar-refractivity contribution in [3.8, 4) is 0 Å².